The monoisotopic (exact) mass is 193 g/mol. The maximum Gasteiger partial charge on any atom is 1.00 e. The summed E-state index contributed by atoms with van der Waals surface area (Å²) >= 11 is 0. The summed E-state index contributed by atoms with van der Waals surface area (Å²) in [5, 5.41) is 10.2. The standard InChI is InChI=1S/C7H9NO3.K/c1-3-6(8-4-9)5(2)7(10)11;/h6H,2-3H2,1H3,(H,10,11);/q;+1/p-1. The van der Waals surface area contributed by atoms with E-state index >= 15 is 0 Å². The molecule has 0 amide bonds. The van der Waals surface area contributed by atoms with Crippen molar-refractivity contribution in [2.24, 2.45) is 4.99 Å². The van der Waals surface area contributed by atoms with Gasteiger partial charge in [0.05, 0.1) is 12.0 Å². The van der Waals surface area contributed by atoms with Crippen molar-refractivity contribution >= 4 is 12.0 Å². The van der Waals surface area contributed by atoms with E-state index in [1.807, 2.05) is 0 Å². The van der Waals surface area contributed by atoms with Crippen molar-refractivity contribution in [1.82, 2.24) is 0 Å². The van der Waals surface area contributed by atoms with Crippen LogP contribution in [0, 0.1) is 0 Å². The van der Waals surface area contributed by atoms with Crippen LogP contribution in [0.4, 0.5) is 0 Å². The van der Waals surface area contributed by atoms with Gasteiger partial charge in [-0.25, -0.2) is 4.79 Å². The van der Waals surface area contributed by atoms with Gasteiger partial charge in [0, 0.05) is 0 Å². The molecule has 0 spiro atoms. The molecule has 0 aromatic carbocycles. The molecule has 60 valence electrons. The van der Waals surface area contributed by atoms with Gasteiger partial charge in [0.15, 0.2) is 0 Å². The predicted molar refractivity (Wildman–Crippen MR) is 36.3 cm³/mol. The number of carboxylic acids is 1. The number of hydrogen-bond acceptors (Lipinski definition) is 4. The van der Waals surface area contributed by atoms with Gasteiger partial charge in [0.1, 0.15) is 0 Å². The summed E-state index contributed by atoms with van der Waals surface area (Å²) in [4.78, 5) is 23.2. The molecule has 0 N–H and O–H groups in total. The average molecular weight is 193 g/mol. The number of carbonyl (C=O) groups excluding carboxylic acids is 2. The van der Waals surface area contributed by atoms with Crippen molar-refractivity contribution in [3.05, 3.63) is 12.2 Å². The first-order valence-corrected chi connectivity index (χ1v) is 3.10. The summed E-state index contributed by atoms with van der Waals surface area (Å²) < 4.78 is 0. The maximum absolute atomic E-state index is 10.2. The number of carboxylic acid groups (broad SMARTS) is 1. The first-order valence-electron chi connectivity index (χ1n) is 3.10. The van der Waals surface area contributed by atoms with Gasteiger partial charge in [0.25, 0.3) is 0 Å². The van der Waals surface area contributed by atoms with Crippen molar-refractivity contribution in [2.75, 3.05) is 0 Å². The third kappa shape index (κ3) is 4.98. The molecule has 0 radical (unpaired) electrons. The minimum atomic E-state index is -1.38. The van der Waals surface area contributed by atoms with E-state index in [9.17, 15) is 14.7 Å². The minimum Gasteiger partial charge on any atom is -0.545 e. The molecule has 0 fully saturated rings. The Labute approximate surface area is 113 Å². The van der Waals surface area contributed by atoms with Gasteiger partial charge in [-0.15, -0.1) is 0 Å². The fourth-order valence-electron chi connectivity index (χ4n) is 0.615. The molecule has 1 unspecified atom stereocenters. The van der Waals surface area contributed by atoms with Crippen molar-refractivity contribution in [1.29, 1.82) is 0 Å². The minimum absolute atomic E-state index is 0. The number of aliphatic imine (C=N–C) groups is 1. The average Bonchev–Trinajstić information content (AvgIpc) is 1.98. The zero-order valence-corrected chi connectivity index (χ0v) is 10.3. The second-order valence-corrected chi connectivity index (χ2v) is 1.96. The Balaban J connectivity index is 0. The normalized spacial score (nSPS) is 10.4. The molecule has 0 heterocycles. The van der Waals surface area contributed by atoms with Crippen molar-refractivity contribution in [3.8, 4) is 0 Å². The Kier molecular flexibility index (Phi) is 9.64. The van der Waals surface area contributed by atoms with Crippen LogP contribution in [0.15, 0.2) is 17.1 Å². The van der Waals surface area contributed by atoms with Gasteiger partial charge in [-0.2, -0.15) is 4.99 Å². The molecule has 0 aliphatic heterocycles. The van der Waals surface area contributed by atoms with E-state index in [1.54, 1.807) is 6.92 Å². The predicted octanol–water partition coefficient (Wildman–Crippen LogP) is -3.59. The molecule has 0 saturated carbocycles. The molecule has 0 saturated heterocycles. The number of rotatable bonds is 4. The molecule has 0 aliphatic rings. The summed E-state index contributed by atoms with van der Waals surface area (Å²) in [6.07, 6.45) is 1.68. The zero-order valence-electron chi connectivity index (χ0n) is 7.16. The molecule has 0 aliphatic carbocycles. The third-order valence-electron chi connectivity index (χ3n) is 1.26. The first kappa shape index (κ1) is 14.7. The topological polar surface area (TPSA) is 69.6 Å². The van der Waals surface area contributed by atoms with Crippen LogP contribution in [0.1, 0.15) is 13.3 Å². The quantitative estimate of drug-likeness (QED) is 0.200. The van der Waals surface area contributed by atoms with Gasteiger partial charge in [-0.1, -0.05) is 13.5 Å². The van der Waals surface area contributed by atoms with Crippen LogP contribution in [0.5, 0.6) is 0 Å². The van der Waals surface area contributed by atoms with Crippen LogP contribution < -0.4 is 56.5 Å². The van der Waals surface area contributed by atoms with E-state index in [-0.39, 0.29) is 57.0 Å². The number of hydrogen-bond donors (Lipinski definition) is 0. The van der Waals surface area contributed by atoms with Gasteiger partial charge >= 0.3 is 51.4 Å². The third-order valence-corrected chi connectivity index (χ3v) is 1.26. The fourth-order valence-corrected chi connectivity index (χ4v) is 0.615. The fraction of sp³-hybridized carbons (Fsp3) is 0.429. The second kappa shape index (κ2) is 7.85. The van der Waals surface area contributed by atoms with Crippen molar-refractivity contribution in [3.63, 3.8) is 0 Å². The summed E-state index contributed by atoms with van der Waals surface area (Å²) in [5.41, 5.74) is -0.184. The molecule has 12 heavy (non-hydrogen) atoms. The number of nitrogens with zero attached hydrogens (tertiary/aromatic N) is 1. The number of aliphatic carboxylic acids is 1. The molecule has 0 rings (SSSR count). The van der Waals surface area contributed by atoms with E-state index in [0.717, 1.165) is 0 Å². The van der Waals surface area contributed by atoms with Crippen LogP contribution in [0.25, 0.3) is 0 Å². The Morgan fingerprint density at radius 1 is 1.75 bits per heavy atom. The van der Waals surface area contributed by atoms with Crippen LogP contribution >= 0.6 is 0 Å². The summed E-state index contributed by atoms with van der Waals surface area (Å²) in [6, 6.07) is -0.697. The Hall–Kier alpha value is 0.226. The Bertz CT molecular complexity index is 221. The smallest absolute Gasteiger partial charge is 0.545 e. The van der Waals surface area contributed by atoms with Gasteiger partial charge in [-0.05, 0) is 12.0 Å². The molecule has 0 aromatic rings. The van der Waals surface area contributed by atoms with Crippen LogP contribution in [0.3, 0.4) is 0 Å². The maximum atomic E-state index is 10.2. The van der Waals surface area contributed by atoms with Crippen LogP contribution in [0.2, 0.25) is 0 Å². The molecule has 0 aromatic heterocycles. The number of isocyanates is 1. The van der Waals surface area contributed by atoms with Crippen LogP contribution in [-0.4, -0.2) is 18.1 Å². The Morgan fingerprint density at radius 2 is 2.25 bits per heavy atom. The second-order valence-electron chi connectivity index (χ2n) is 1.96. The van der Waals surface area contributed by atoms with Crippen LogP contribution in [-0.2, 0) is 9.59 Å². The zero-order chi connectivity index (χ0) is 8.85. The van der Waals surface area contributed by atoms with Crippen molar-refractivity contribution in [2.45, 2.75) is 19.4 Å². The molecule has 1 atom stereocenters. The number of carbonyl (C=O) groups is 1. The van der Waals surface area contributed by atoms with E-state index < -0.39 is 12.0 Å². The van der Waals surface area contributed by atoms with E-state index in [0.29, 0.717) is 6.42 Å². The molecular formula is C7H8KNO3. The molecule has 4 nitrogen and oxygen atoms in total. The van der Waals surface area contributed by atoms with Gasteiger partial charge in [-0.3, -0.25) is 0 Å². The van der Waals surface area contributed by atoms with E-state index in [1.165, 1.54) is 6.08 Å². The molecular weight excluding hydrogens is 185 g/mol. The Morgan fingerprint density at radius 3 is 2.50 bits per heavy atom. The van der Waals surface area contributed by atoms with Gasteiger partial charge < -0.3 is 9.90 Å². The van der Waals surface area contributed by atoms with E-state index in [2.05, 4.69) is 11.6 Å². The SMILES string of the molecule is C=C(C(=O)[O-])C(CC)N=C=O.[K+]. The van der Waals surface area contributed by atoms with E-state index in [4.69, 9.17) is 0 Å². The first-order chi connectivity index (χ1) is 5.13. The summed E-state index contributed by atoms with van der Waals surface area (Å²) in [7, 11) is 0. The largest absolute Gasteiger partial charge is 1.00 e. The van der Waals surface area contributed by atoms with Crippen molar-refractivity contribution < 1.29 is 66.1 Å². The summed E-state index contributed by atoms with van der Waals surface area (Å²) in [6.45, 7) is 4.90. The molecule has 5 heteroatoms. The van der Waals surface area contributed by atoms with Gasteiger partial charge in [0.2, 0.25) is 6.08 Å². The summed E-state index contributed by atoms with van der Waals surface area (Å²) in [5.74, 6) is -1.38. The molecule has 0 bridgehead atoms.